The van der Waals surface area contributed by atoms with E-state index in [2.05, 4.69) is 13.8 Å². The third-order valence-electron chi connectivity index (χ3n) is 9.51. The second kappa shape index (κ2) is 13.0. The lowest BCUT2D eigenvalue weighted by atomic mass is 9.53. The Labute approximate surface area is 238 Å². The van der Waals surface area contributed by atoms with Gasteiger partial charge in [-0.1, -0.05) is 52.5 Å². The number of hydrogen-bond donors (Lipinski definition) is 2. The van der Waals surface area contributed by atoms with Crippen LogP contribution in [0.3, 0.4) is 0 Å². The smallest absolute Gasteiger partial charge is 0.339 e. The zero-order valence-electron chi connectivity index (χ0n) is 25.2. The van der Waals surface area contributed by atoms with Crippen molar-refractivity contribution in [3.63, 3.8) is 0 Å². The first-order chi connectivity index (χ1) is 18.7. The second-order valence-corrected chi connectivity index (χ2v) is 12.4. The number of carbonyl (C=O) groups excluding carboxylic acids is 3. The fourth-order valence-electron chi connectivity index (χ4n) is 6.39. The fraction of sp³-hybridized carbons (Fsp3) is 0.719. The minimum Gasteiger partial charge on any atom is -0.465 e. The van der Waals surface area contributed by atoms with Crippen molar-refractivity contribution in [2.45, 2.75) is 118 Å². The quantitative estimate of drug-likeness (QED) is 0.142. The van der Waals surface area contributed by atoms with Gasteiger partial charge in [-0.3, -0.25) is 9.59 Å². The Balaban J connectivity index is 1.75. The summed E-state index contributed by atoms with van der Waals surface area (Å²) in [6.07, 6.45) is 8.31. The number of aliphatic hydroxyl groups excluding tert-OH is 1. The normalized spacial score (nSPS) is 30.5. The fourth-order valence-corrected chi connectivity index (χ4v) is 6.39. The highest BCUT2D eigenvalue weighted by Gasteiger charge is 2.61. The van der Waals surface area contributed by atoms with Gasteiger partial charge in [-0.2, -0.15) is 0 Å². The third kappa shape index (κ3) is 6.54. The van der Waals surface area contributed by atoms with Gasteiger partial charge in [0, 0.05) is 29.4 Å². The summed E-state index contributed by atoms with van der Waals surface area (Å²) in [5, 5.41) is 23.1. The van der Waals surface area contributed by atoms with Gasteiger partial charge in [0.1, 0.15) is 17.5 Å². The molecule has 2 aliphatic carbocycles. The molecule has 0 radical (unpaired) electrons. The Morgan fingerprint density at radius 1 is 1.23 bits per heavy atom. The number of hydrogen-bond acceptors (Lipinski definition) is 8. The van der Waals surface area contributed by atoms with Gasteiger partial charge in [-0.15, -0.1) is 0 Å². The first-order valence-electron chi connectivity index (χ1n) is 14.8. The molecule has 1 aliphatic heterocycles. The lowest BCUT2D eigenvalue weighted by molar-refractivity contribution is -0.202. The highest BCUT2D eigenvalue weighted by atomic mass is 16.6. The van der Waals surface area contributed by atoms with Crippen molar-refractivity contribution in [1.82, 2.24) is 0 Å². The molecule has 40 heavy (non-hydrogen) atoms. The molecule has 0 bridgehead atoms. The van der Waals surface area contributed by atoms with Crippen LogP contribution in [0.4, 0.5) is 0 Å². The summed E-state index contributed by atoms with van der Waals surface area (Å²) in [7, 11) is 0. The summed E-state index contributed by atoms with van der Waals surface area (Å²) < 4.78 is 16.6. The Bertz CT molecular complexity index is 1070. The number of carbonyl (C=O) groups is 3. The number of esters is 3. The molecule has 224 valence electrons. The van der Waals surface area contributed by atoms with E-state index in [-0.39, 0.29) is 24.4 Å². The van der Waals surface area contributed by atoms with Crippen LogP contribution in [0, 0.1) is 23.2 Å². The predicted molar refractivity (Wildman–Crippen MR) is 151 cm³/mol. The Morgan fingerprint density at radius 2 is 1.93 bits per heavy atom. The highest BCUT2D eigenvalue weighted by molar-refractivity contribution is 5.94. The summed E-state index contributed by atoms with van der Waals surface area (Å²) in [5.41, 5.74) is -0.215. The zero-order chi connectivity index (χ0) is 29.8. The van der Waals surface area contributed by atoms with E-state index in [1.807, 2.05) is 13.0 Å². The molecule has 3 aliphatic rings. The molecule has 0 aromatic carbocycles. The average Bonchev–Trinajstić information content (AvgIpc) is 3.16. The maximum atomic E-state index is 13.3. The van der Waals surface area contributed by atoms with E-state index in [1.165, 1.54) is 6.92 Å². The molecule has 1 fully saturated rings. The molecular weight excluding hydrogens is 512 g/mol. The van der Waals surface area contributed by atoms with E-state index in [4.69, 9.17) is 14.2 Å². The van der Waals surface area contributed by atoms with E-state index >= 15 is 0 Å². The van der Waals surface area contributed by atoms with E-state index in [9.17, 15) is 24.6 Å². The van der Waals surface area contributed by atoms with Crippen molar-refractivity contribution >= 4 is 17.9 Å². The molecule has 0 spiro atoms. The summed E-state index contributed by atoms with van der Waals surface area (Å²) >= 11 is 0. The maximum Gasteiger partial charge on any atom is 0.339 e. The van der Waals surface area contributed by atoms with Crippen molar-refractivity contribution in [1.29, 1.82) is 0 Å². The Morgan fingerprint density at radius 3 is 2.58 bits per heavy atom. The van der Waals surface area contributed by atoms with E-state index in [1.54, 1.807) is 26.8 Å². The van der Waals surface area contributed by atoms with E-state index in [0.29, 0.717) is 29.7 Å². The molecule has 7 unspecified atom stereocenters. The molecule has 0 amide bonds. The largest absolute Gasteiger partial charge is 0.465 e. The zero-order valence-corrected chi connectivity index (χ0v) is 25.2. The lowest BCUT2D eigenvalue weighted by Crippen LogP contribution is -2.62. The molecular formula is C32H48O8. The number of aliphatic hydroxyl groups is 2. The predicted octanol–water partition coefficient (Wildman–Crippen LogP) is 5.32. The number of unbranched alkanes of at least 4 members (excludes halogenated alkanes) is 3. The van der Waals surface area contributed by atoms with Crippen LogP contribution in [-0.4, -0.2) is 52.5 Å². The van der Waals surface area contributed by atoms with Crippen LogP contribution in [0.1, 0.15) is 99.8 Å². The van der Waals surface area contributed by atoms with Crippen LogP contribution in [0.15, 0.2) is 34.6 Å². The average molecular weight is 561 g/mol. The lowest BCUT2D eigenvalue weighted by Gasteiger charge is -2.56. The number of allylic oxidation sites excluding steroid dienone is 1. The highest BCUT2D eigenvalue weighted by Crippen LogP contribution is 2.58. The van der Waals surface area contributed by atoms with E-state index < -0.39 is 41.1 Å². The van der Waals surface area contributed by atoms with Crippen molar-refractivity contribution in [3.8, 4) is 0 Å². The first-order valence-corrected chi connectivity index (χ1v) is 14.8. The molecule has 0 aromatic rings. The van der Waals surface area contributed by atoms with Crippen molar-refractivity contribution < 1.29 is 38.8 Å². The molecule has 0 saturated heterocycles. The van der Waals surface area contributed by atoms with Gasteiger partial charge in [-0.25, -0.2) is 4.79 Å². The monoisotopic (exact) mass is 560 g/mol. The van der Waals surface area contributed by atoms with Crippen LogP contribution in [0.5, 0.6) is 0 Å². The SMILES string of the molecule is CCCCCCC(C=C(C)C(O)C(C)C(=O)OC1CCC(C)C2(C)CC3=C(C)C(=O)OC3=CC12O)COC(C)=O. The van der Waals surface area contributed by atoms with Crippen LogP contribution in [0.25, 0.3) is 0 Å². The van der Waals surface area contributed by atoms with Gasteiger partial charge in [0.25, 0.3) is 0 Å². The van der Waals surface area contributed by atoms with Crippen LogP contribution >= 0.6 is 0 Å². The van der Waals surface area contributed by atoms with E-state index in [0.717, 1.165) is 44.1 Å². The van der Waals surface area contributed by atoms with Crippen LogP contribution in [-0.2, 0) is 28.6 Å². The standard InChI is InChI=1S/C32H48O8/c1-8-9-10-11-12-24(18-38-23(6)33)15-19(2)28(34)22(5)30(36)40-27-14-13-20(3)31(7)16-25-21(4)29(35)39-26(25)17-32(27,31)37/h15,17,20,22,24,27-28,34,37H,8-14,16,18H2,1-7H3. The minimum absolute atomic E-state index is 0.0615. The third-order valence-corrected chi connectivity index (χ3v) is 9.51. The summed E-state index contributed by atoms with van der Waals surface area (Å²) in [4.78, 5) is 36.9. The summed E-state index contributed by atoms with van der Waals surface area (Å²) in [6.45, 7) is 12.9. The second-order valence-electron chi connectivity index (χ2n) is 12.4. The number of fused-ring (bicyclic) bond motifs is 2. The maximum absolute atomic E-state index is 13.3. The van der Waals surface area contributed by atoms with Crippen molar-refractivity contribution in [2.75, 3.05) is 6.61 Å². The van der Waals surface area contributed by atoms with Gasteiger partial charge in [0.05, 0.1) is 18.6 Å². The van der Waals surface area contributed by atoms with Gasteiger partial charge < -0.3 is 24.4 Å². The van der Waals surface area contributed by atoms with Gasteiger partial charge in [-0.05, 0) is 64.0 Å². The topological polar surface area (TPSA) is 119 Å². The minimum atomic E-state index is -1.52. The molecule has 1 heterocycles. The molecule has 2 N–H and O–H groups in total. The molecule has 1 saturated carbocycles. The summed E-state index contributed by atoms with van der Waals surface area (Å²) in [6, 6.07) is 0. The number of rotatable bonds is 12. The number of ether oxygens (including phenoxy) is 3. The Hall–Kier alpha value is -2.45. The van der Waals surface area contributed by atoms with Crippen molar-refractivity contribution in [2.24, 2.45) is 23.2 Å². The van der Waals surface area contributed by atoms with Crippen molar-refractivity contribution in [3.05, 3.63) is 34.6 Å². The Kier molecular flexibility index (Phi) is 10.4. The molecule has 8 heteroatoms. The summed E-state index contributed by atoms with van der Waals surface area (Å²) in [5.74, 6) is -1.84. The van der Waals surface area contributed by atoms with Crippen LogP contribution in [0.2, 0.25) is 0 Å². The van der Waals surface area contributed by atoms with Gasteiger partial charge in [0.2, 0.25) is 0 Å². The van der Waals surface area contributed by atoms with Gasteiger partial charge in [0.15, 0.2) is 0 Å². The first kappa shape index (κ1) is 32.1. The molecule has 0 aromatic heterocycles. The molecule has 7 atom stereocenters. The van der Waals surface area contributed by atoms with Gasteiger partial charge >= 0.3 is 17.9 Å². The van der Waals surface area contributed by atoms with Crippen LogP contribution < -0.4 is 0 Å². The molecule has 3 rings (SSSR count). The molecule has 8 nitrogen and oxygen atoms in total.